The summed E-state index contributed by atoms with van der Waals surface area (Å²) in [4.78, 5) is 0. The van der Waals surface area contributed by atoms with Crippen LogP contribution in [0.4, 0.5) is 0 Å². The molecule has 0 fully saturated rings. The highest BCUT2D eigenvalue weighted by Gasteiger charge is 2.34. The van der Waals surface area contributed by atoms with Crippen LogP contribution < -0.4 is 14.0 Å². The van der Waals surface area contributed by atoms with Gasteiger partial charge in [-0.3, -0.25) is 0 Å². The first-order valence-electron chi connectivity index (χ1n) is 22.1. The molecule has 0 aliphatic carbocycles. The molecule has 0 saturated carbocycles. The van der Waals surface area contributed by atoms with Gasteiger partial charge in [-0.2, -0.15) is 0 Å². The summed E-state index contributed by atoms with van der Waals surface area (Å²) in [5.74, 6) is 3.04. The number of allylic oxidation sites excluding steroid dienone is 5. The van der Waals surface area contributed by atoms with Crippen molar-refractivity contribution in [2.75, 3.05) is 0 Å². The maximum absolute atomic E-state index is 7.22. The highest BCUT2D eigenvalue weighted by Crippen LogP contribution is 2.50. The van der Waals surface area contributed by atoms with Crippen molar-refractivity contribution >= 4 is 34.8 Å². The quantitative estimate of drug-likeness (QED) is 0.0683. The zero-order valence-electron chi connectivity index (χ0n) is 40.6. The number of hydrogen-bond donors (Lipinski definition) is 0. The summed E-state index contributed by atoms with van der Waals surface area (Å²) in [7, 11) is 0.0488. The molecule has 0 N–H and O–H groups in total. The molecule has 0 aromatic heterocycles. The first-order valence-corrected chi connectivity index (χ1v) is 24.3. The van der Waals surface area contributed by atoms with Gasteiger partial charge in [-0.25, -0.2) is 0 Å². The van der Waals surface area contributed by atoms with E-state index in [2.05, 4.69) is 167 Å². The van der Waals surface area contributed by atoms with Gasteiger partial charge >= 0.3 is 0 Å². The van der Waals surface area contributed by atoms with Crippen LogP contribution in [0.15, 0.2) is 84.2 Å². The number of rotatable bonds is 19. The van der Waals surface area contributed by atoms with Crippen molar-refractivity contribution in [1.82, 2.24) is 0 Å². The number of unbranched alkanes of at least 4 members (excludes halogenated alkanes) is 1. The van der Waals surface area contributed by atoms with Gasteiger partial charge in [-0.05, 0) is 135 Å². The highest BCUT2D eigenvalue weighted by molar-refractivity contribution is 7.34. The minimum absolute atomic E-state index is 0.00463. The second-order valence-corrected chi connectivity index (χ2v) is 23.5. The Kier molecular flexibility index (Phi) is 18.5. The van der Waals surface area contributed by atoms with Crippen LogP contribution >= 0.6 is 29.2 Å². The summed E-state index contributed by atoms with van der Waals surface area (Å²) in [6, 6.07) is 18.6. The van der Waals surface area contributed by atoms with E-state index in [1.165, 1.54) is 41.5 Å². The first kappa shape index (κ1) is 51.6. The predicted octanol–water partition coefficient (Wildman–Crippen LogP) is 17.8. The molecule has 0 radical (unpaired) electrons. The molecule has 4 nitrogen and oxygen atoms in total. The number of ether oxygens (including phenoxy) is 2. The Hall–Kier alpha value is -2.77. The molecule has 60 heavy (non-hydrogen) atoms. The van der Waals surface area contributed by atoms with Gasteiger partial charge in [0, 0.05) is 21.7 Å². The molecule has 3 aromatic carbocycles. The molecule has 0 aliphatic heterocycles. The third-order valence-corrected chi connectivity index (χ3v) is 14.3. The fourth-order valence-electron chi connectivity index (χ4n) is 6.73. The van der Waals surface area contributed by atoms with E-state index in [1.807, 2.05) is 30.5 Å². The van der Waals surface area contributed by atoms with Crippen LogP contribution in [0.5, 0.6) is 17.2 Å². The molecule has 5 atom stereocenters. The van der Waals surface area contributed by atoms with Crippen LogP contribution in [0.3, 0.4) is 0 Å². The smallest absolute Gasteiger partial charge is 0.157 e. The van der Waals surface area contributed by atoms with E-state index < -0.39 is 10.7 Å². The Bertz CT molecular complexity index is 1940. The van der Waals surface area contributed by atoms with Crippen LogP contribution in [-0.2, 0) is 15.4 Å². The lowest BCUT2D eigenvalue weighted by Crippen LogP contribution is -2.27. The van der Waals surface area contributed by atoms with Crippen molar-refractivity contribution in [2.24, 2.45) is 5.41 Å². The molecule has 0 bridgehead atoms. The van der Waals surface area contributed by atoms with E-state index in [-0.39, 0.29) is 33.9 Å². The molecule has 0 spiro atoms. The van der Waals surface area contributed by atoms with Gasteiger partial charge in [0.1, 0.15) is 34.9 Å². The monoisotopic (exact) mass is 877 g/mol. The molecule has 0 aliphatic rings. The second kappa shape index (κ2) is 21.5. The Balaban J connectivity index is 2.24. The lowest BCUT2D eigenvalue weighted by atomic mass is 9.75. The van der Waals surface area contributed by atoms with Crippen LogP contribution in [0.2, 0.25) is 5.02 Å². The molecule has 0 amide bonds. The Morgan fingerprint density at radius 2 is 1.23 bits per heavy atom. The summed E-state index contributed by atoms with van der Waals surface area (Å²) in [5, 5.41) is -0.431. The Labute approximate surface area is 375 Å². The van der Waals surface area contributed by atoms with E-state index in [0.717, 1.165) is 52.4 Å². The van der Waals surface area contributed by atoms with Crippen molar-refractivity contribution in [3.63, 3.8) is 0 Å². The van der Waals surface area contributed by atoms with Crippen molar-refractivity contribution < 1.29 is 18.5 Å². The van der Waals surface area contributed by atoms with Crippen molar-refractivity contribution in [3.05, 3.63) is 117 Å². The van der Waals surface area contributed by atoms with Crippen molar-refractivity contribution in [2.45, 2.75) is 184 Å². The van der Waals surface area contributed by atoms with Gasteiger partial charge in [-0.1, -0.05) is 150 Å². The minimum atomic E-state index is -0.581. The molecule has 5 unspecified atom stereocenters. The van der Waals surface area contributed by atoms with E-state index in [0.29, 0.717) is 10.9 Å². The number of benzene rings is 3. The van der Waals surface area contributed by atoms with Crippen molar-refractivity contribution in [1.29, 1.82) is 0 Å². The summed E-state index contributed by atoms with van der Waals surface area (Å²) in [5.41, 5.74) is 9.10. The number of hydrogen-bond acceptors (Lipinski definition) is 4. The topological polar surface area (TPSA) is 36.9 Å². The van der Waals surface area contributed by atoms with E-state index in [9.17, 15) is 0 Å². The van der Waals surface area contributed by atoms with Gasteiger partial charge in [0.15, 0.2) is 10.7 Å². The van der Waals surface area contributed by atoms with Gasteiger partial charge in [0.25, 0.3) is 0 Å². The molecule has 0 saturated heterocycles. The maximum Gasteiger partial charge on any atom is 0.157 e. The lowest BCUT2D eigenvalue weighted by molar-refractivity contribution is 0.168. The van der Waals surface area contributed by atoms with Crippen LogP contribution in [0.1, 0.15) is 184 Å². The average molecular weight is 878 g/mol. The Morgan fingerprint density at radius 3 is 1.72 bits per heavy atom. The van der Waals surface area contributed by atoms with E-state index in [4.69, 9.17) is 30.1 Å². The SMILES string of the molecule is CCCCC(C)c1ccc(OC(C)(CC)PO/C=C(/C(C)=C\C=C(/C)C(C)(C)C)c2c(C)c(C(C)(C)C)cc(C(C)(C)C)c2OPC(C)(CC)Oc2ccc(Cl)cc2)cc1. The molecular formula is C53H79ClO4P2. The highest BCUT2D eigenvalue weighted by atomic mass is 35.5. The van der Waals surface area contributed by atoms with Gasteiger partial charge in [0.2, 0.25) is 0 Å². The normalized spacial score (nSPS) is 16.3. The fraction of sp³-hybridized carbons (Fsp3) is 0.547. The fourth-order valence-corrected chi connectivity index (χ4v) is 8.42. The van der Waals surface area contributed by atoms with Gasteiger partial charge in [-0.15, -0.1) is 0 Å². The molecule has 3 aromatic rings. The zero-order chi connectivity index (χ0) is 45.3. The lowest BCUT2D eigenvalue weighted by Gasteiger charge is -2.34. The molecule has 332 valence electrons. The van der Waals surface area contributed by atoms with Gasteiger partial charge in [0.05, 0.1) is 6.26 Å². The summed E-state index contributed by atoms with van der Waals surface area (Å²) in [6.07, 6.45) is 11.7. The van der Waals surface area contributed by atoms with Crippen LogP contribution in [0, 0.1) is 12.3 Å². The first-order chi connectivity index (χ1) is 27.8. The third kappa shape index (κ3) is 14.7. The molecule has 7 heteroatoms. The van der Waals surface area contributed by atoms with Crippen molar-refractivity contribution in [3.8, 4) is 17.2 Å². The third-order valence-electron chi connectivity index (χ3n) is 11.7. The maximum atomic E-state index is 7.22. The number of halogens is 1. The van der Waals surface area contributed by atoms with E-state index in [1.54, 1.807) is 0 Å². The standard InChI is InChI=1S/C53H79ClO4P2/c1-19-22-23-36(4)40-26-30-42(31-27-40)56-52(17,20-2)59-55-35-44(37(5)24-25-38(6)49(8,9)10)47-39(7)45(50(11,12)13)34-46(51(14,15)16)48(47)58-60-53(18,21-3)57-43-32-28-41(54)29-33-43/h24-36,59-60H,19-23H2,1-18H3/b37-24-,38-25+,44-35-. The summed E-state index contributed by atoms with van der Waals surface area (Å²) < 4.78 is 27.4. The Morgan fingerprint density at radius 1 is 0.717 bits per heavy atom. The summed E-state index contributed by atoms with van der Waals surface area (Å²) >= 11 is 6.24. The van der Waals surface area contributed by atoms with E-state index >= 15 is 0 Å². The van der Waals surface area contributed by atoms with Crippen LogP contribution in [0.25, 0.3) is 5.57 Å². The predicted molar refractivity (Wildman–Crippen MR) is 266 cm³/mol. The zero-order valence-corrected chi connectivity index (χ0v) is 43.3. The van der Waals surface area contributed by atoms with Crippen LogP contribution in [-0.4, -0.2) is 10.7 Å². The molecule has 0 heterocycles. The average Bonchev–Trinajstić information content (AvgIpc) is 3.16. The molecule has 3 rings (SSSR count). The van der Waals surface area contributed by atoms with Gasteiger partial charge < -0.3 is 18.5 Å². The minimum Gasteiger partial charge on any atom is -0.480 e. The molecular weight excluding hydrogens is 798 g/mol. The largest absolute Gasteiger partial charge is 0.480 e. The summed E-state index contributed by atoms with van der Waals surface area (Å²) in [6.45, 7) is 40.3. The second-order valence-electron chi connectivity index (χ2n) is 20.1.